The smallest absolute Gasteiger partial charge is 0.221 e. The molecule has 0 saturated carbocycles. The van der Waals surface area contributed by atoms with E-state index in [1.54, 1.807) is 0 Å². The number of halogens is 1. The highest BCUT2D eigenvalue weighted by molar-refractivity contribution is 6.22. The van der Waals surface area contributed by atoms with Gasteiger partial charge in [-0.3, -0.25) is 9.69 Å². The largest absolute Gasteiger partial charge is 0.369 e. The lowest BCUT2D eigenvalue weighted by Gasteiger charge is -2.36. The third-order valence-electron chi connectivity index (χ3n) is 2.95. The van der Waals surface area contributed by atoms with Crippen molar-refractivity contribution >= 4 is 17.5 Å². The second kappa shape index (κ2) is 5.34. The number of hydrogen-bond acceptors (Lipinski definition) is 3. The van der Waals surface area contributed by atoms with E-state index in [2.05, 4.69) is 11.8 Å². The maximum absolute atomic E-state index is 11.1. The highest BCUT2D eigenvalue weighted by Gasteiger charge is 2.29. The molecule has 0 spiro atoms. The Balaban J connectivity index is 2.54. The van der Waals surface area contributed by atoms with Crippen LogP contribution in [0.1, 0.15) is 19.8 Å². The van der Waals surface area contributed by atoms with Crippen LogP contribution >= 0.6 is 11.6 Å². The number of nitrogens with two attached hydrogens (primary N) is 1. The fourth-order valence-electron chi connectivity index (χ4n) is 1.91. The Labute approximate surface area is 95.0 Å². The Morgan fingerprint density at radius 1 is 1.73 bits per heavy atom. The van der Waals surface area contributed by atoms with Gasteiger partial charge in [0, 0.05) is 19.1 Å². The Hall–Kier alpha value is -0.790. The van der Waals surface area contributed by atoms with Crippen LogP contribution in [0.25, 0.3) is 0 Å². The zero-order valence-electron chi connectivity index (χ0n) is 8.82. The van der Waals surface area contributed by atoms with Gasteiger partial charge < -0.3 is 5.73 Å². The molecule has 84 valence electrons. The lowest BCUT2D eigenvalue weighted by molar-refractivity contribution is -0.123. The molecule has 0 bridgehead atoms. The van der Waals surface area contributed by atoms with Crippen LogP contribution in [0.5, 0.6) is 0 Å². The molecule has 0 aromatic carbocycles. The summed E-state index contributed by atoms with van der Waals surface area (Å²) in [4.78, 5) is 13.1. The van der Waals surface area contributed by atoms with E-state index in [0.29, 0.717) is 19.1 Å². The molecule has 2 N–H and O–H groups in total. The van der Waals surface area contributed by atoms with Crippen molar-refractivity contribution in [1.29, 1.82) is 5.26 Å². The van der Waals surface area contributed by atoms with Gasteiger partial charge in [0.1, 0.15) is 5.38 Å². The molecule has 4 nitrogen and oxygen atoms in total. The molecule has 1 heterocycles. The number of alkyl halides is 1. The Bertz CT molecular complexity index is 276. The normalized spacial score (nSPS) is 29.4. The predicted octanol–water partition coefficient (Wildman–Crippen LogP) is 0.703. The number of rotatable bonds is 3. The first-order valence-corrected chi connectivity index (χ1v) is 5.55. The molecule has 5 heteroatoms. The average molecular weight is 230 g/mol. The summed E-state index contributed by atoms with van der Waals surface area (Å²) < 4.78 is 0. The second-order valence-electron chi connectivity index (χ2n) is 4.08. The molecular weight excluding hydrogens is 214 g/mol. The van der Waals surface area contributed by atoms with Gasteiger partial charge in [0.05, 0.1) is 12.0 Å². The maximum atomic E-state index is 11.1. The maximum Gasteiger partial charge on any atom is 0.221 e. The van der Waals surface area contributed by atoms with Gasteiger partial charge in [0.2, 0.25) is 5.91 Å². The van der Waals surface area contributed by atoms with E-state index in [1.165, 1.54) is 0 Å². The molecule has 1 saturated heterocycles. The van der Waals surface area contributed by atoms with Crippen molar-refractivity contribution in [2.24, 2.45) is 11.7 Å². The zero-order valence-corrected chi connectivity index (χ0v) is 9.57. The molecule has 3 atom stereocenters. The van der Waals surface area contributed by atoms with Crippen LogP contribution in [-0.4, -0.2) is 35.3 Å². The van der Waals surface area contributed by atoms with Crippen molar-refractivity contribution < 1.29 is 4.79 Å². The number of nitrogens with zero attached hydrogens (tertiary/aromatic N) is 2. The summed E-state index contributed by atoms with van der Waals surface area (Å²) >= 11 is 5.77. The molecule has 0 aromatic rings. The number of carbonyl (C=O) groups is 1. The fourth-order valence-corrected chi connectivity index (χ4v) is 2.09. The van der Waals surface area contributed by atoms with Crippen LogP contribution in [0.15, 0.2) is 0 Å². The van der Waals surface area contributed by atoms with E-state index in [-0.39, 0.29) is 11.8 Å². The van der Waals surface area contributed by atoms with Gasteiger partial charge in [0.25, 0.3) is 0 Å². The molecule has 3 unspecified atom stereocenters. The molecule has 1 aliphatic rings. The van der Waals surface area contributed by atoms with E-state index in [4.69, 9.17) is 22.6 Å². The van der Waals surface area contributed by atoms with Crippen LogP contribution in [0, 0.1) is 17.2 Å². The number of piperidine rings is 1. The number of nitriles is 1. The summed E-state index contributed by atoms with van der Waals surface area (Å²) in [6.07, 6.45) is 1.77. The van der Waals surface area contributed by atoms with Crippen LogP contribution in [-0.2, 0) is 4.79 Å². The van der Waals surface area contributed by atoms with Crippen molar-refractivity contribution in [2.45, 2.75) is 31.2 Å². The van der Waals surface area contributed by atoms with Gasteiger partial charge in [-0.25, -0.2) is 0 Å². The number of amides is 1. The lowest BCUT2D eigenvalue weighted by atomic mass is 9.93. The van der Waals surface area contributed by atoms with E-state index in [0.717, 1.165) is 12.8 Å². The minimum Gasteiger partial charge on any atom is -0.369 e. The minimum atomic E-state index is -0.515. The molecule has 1 aliphatic heterocycles. The van der Waals surface area contributed by atoms with Crippen molar-refractivity contribution in [1.82, 2.24) is 4.90 Å². The van der Waals surface area contributed by atoms with Crippen LogP contribution < -0.4 is 5.73 Å². The van der Waals surface area contributed by atoms with Crippen molar-refractivity contribution in [3.63, 3.8) is 0 Å². The summed E-state index contributed by atoms with van der Waals surface area (Å²) in [5, 5.41) is 8.11. The molecule has 1 amide bonds. The number of carbonyl (C=O) groups excluding carboxylic acids is 1. The van der Waals surface area contributed by atoms with Gasteiger partial charge in [0.15, 0.2) is 0 Å². The third kappa shape index (κ3) is 3.37. The van der Waals surface area contributed by atoms with Crippen LogP contribution in [0.3, 0.4) is 0 Å². The van der Waals surface area contributed by atoms with E-state index >= 15 is 0 Å². The summed E-state index contributed by atoms with van der Waals surface area (Å²) in [6.45, 7) is 3.21. The summed E-state index contributed by atoms with van der Waals surface area (Å²) in [6, 6.07) is 2.35. The first kappa shape index (κ1) is 12.3. The van der Waals surface area contributed by atoms with Gasteiger partial charge in [-0.05, 0) is 19.8 Å². The Kier molecular flexibility index (Phi) is 4.37. The van der Waals surface area contributed by atoms with Gasteiger partial charge in [-0.2, -0.15) is 5.26 Å². The summed E-state index contributed by atoms with van der Waals surface area (Å²) in [5.74, 6) is -0.348. The fraction of sp³-hybridized carbons (Fsp3) is 0.800. The van der Waals surface area contributed by atoms with Crippen LogP contribution in [0.2, 0.25) is 0 Å². The molecule has 15 heavy (non-hydrogen) atoms. The molecule has 1 fully saturated rings. The SMILES string of the molecule is CC1CCC(C(N)=O)CN1CC(Cl)C#N. The Morgan fingerprint density at radius 3 is 2.93 bits per heavy atom. The molecule has 0 aromatic heterocycles. The van der Waals surface area contributed by atoms with Crippen molar-refractivity contribution in [2.75, 3.05) is 13.1 Å². The third-order valence-corrected chi connectivity index (χ3v) is 3.18. The quantitative estimate of drug-likeness (QED) is 0.725. The lowest BCUT2D eigenvalue weighted by Crippen LogP contribution is -2.47. The first-order valence-electron chi connectivity index (χ1n) is 5.11. The zero-order chi connectivity index (χ0) is 11.4. The average Bonchev–Trinajstić information content (AvgIpc) is 2.20. The van der Waals surface area contributed by atoms with Gasteiger partial charge in [-0.1, -0.05) is 0 Å². The van der Waals surface area contributed by atoms with E-state index < -0.39 is 5.38 Å². The van der Waals surface area contributed by atoms with Crippen molar-refractivity contribution in [3.05, 3.63) is 0 Å². The number of hydrogen-bond donors (Lipinski definition) is 1. The topological polar surface area (TPSA) is 70.1 Å². The van der Waals surface area contributed by atoms with Crippen LogP contribution in [0.4, 0.5) is 0 Å². The summed E-state index contributed by atoms with van der Waals surface area (Å²) in [7, 11) is 0. The molecule has 0 aliphatic carbocycles. The van der Waals surface area contributed by atoms with Crippen molar-refractivity contribution in [3.8, 4) is 6.07 Å². The molecule has 1 rings (SSSR count). The van der Waals surface area contributed by atoms with E-state index in [1.807, 2.05) is 6.07 Å². The summed E-state index contributed by atoms with van der Waals surface area (Å²) in [5.41, 5.74) is 5.27. The highest BCUT2D eigenvalue weighted by Crippen LogP contribution is 2.22. The van der Waals surface area contributed by atoms with Gasteiger partial charge in [-0.15, -0.1) is 11.6 Å². The number of likely N-dealkylation sites (tertiary alicyclic amines) is 1. The monoisotopic (exact) mass is 229 g/mol. The standard InChI is InChI=1S/C10H16ClN3O/c1-7-2-3-8(10(13)15)5-14(7)6-9(11)4-12/h7-9H,2-3,5-6H2,1H3,(H2,13,15). The van der Waals surface area contributed by atoms with Gasteiger partial charge >= 0.3 is 0 Å². The highest BCUT2D eigenvalue weighted by atomic mass is 35.5. The molecular formula is C10H16ClN3O. The predicted molar refractivity (Wildman–Crippen MR) is 58.2 cm³/mol. The first-order chi connectivity index (χ1) is 7.04. The minimum absolute atomic E-state index is 0.0937. The van der Waals surface area contributed by atoms with E-state index in [9.17, 15) is 4.79 Å². The molecule has 0 radical (unpaired) electrons. The Morgan fingerprint density at radius 2 is 2.40 bits per heavy atom. The second-order valence-corrected chi connectivity index (χ2v) is 4.60. The number of primary amides is 1.